The maximum Gasteiger partial charge on any atom is 0.243 e. The Morgan fingerprint density at radius 2 is 1.55 bits per heavy atom. The van der Waals surface area contributed by atoms with Crippen LogP contribution in [0.3, 0.4) is 0 Å². The summed E-state index contributed by atoms with van der Waals surface area (Å²) < 4.78 is 5.77. The summed E-state index contributed by atoms with van der Waals surface area (Å²) in [7, 11) is 0. The summed E-state index contributed by atoms with van der Waals surface area (Å²) in [6, 6.07) is 15.5. The zero-order chi connectivity index (χ0) is 22.8. The van der Waals surface area contributed by atoms with Crippen LogP contribution in [-0.2, 0) is 27.4 Å². The first-order valence-electron chi connectivity index (χ1n) is 10.4. The van der Waals surface area contributed by atoms with Crippen molar-refractivity contribution in [3.05, 3.63) is 65.7 Å². The van der Waals surface area contributed by atoms with E-state index in [2.05, 4.69) is 10.6 Å². The van der Waals surface area contributed by atoms with Gasteiger partial charge in [-0.3, -0.25) is 14.4 Å². The van der Waals surface area contributed by atoms with Crippen molar-refractivity contribution in [2.45, 2.75) is 52.3 Å². The molecule has 0 aliphatic heterocycles. The maximum absolute atomic E-state index is 12.6. The molecular weight excluding hydrogens is 394 g/mol. The highest BCUT2D eigenvalue weighted by Crippen LogP contribution is 2.15. The van der Waals surface area contributed by atoms with Crippen LogP contribution >= 0.6 is 0 Å². The van der Waals surface area contributed by atoms with Gasteiger partial charge in [0.15, 0.2) is 0 Å². The number of carbonyl (C=O) groups is 3. The van der Waals surface area contributed by atoms with Crippen molar-refractivity contribution in [1.82, 2.24) is 10.6 Å². The Kier molecular flexibility index (Phi) is 9.06. The van der Waals surface area contributed by atoms with Gasteiger partial charge in [-0.25, -0.2) is 0 Å². The lowest BCUT2D eigenvalue weighted by molar-refractivity contribution is -0.131. The Hall–Kier alpha value is -3.35. The lowest BCUT2D eigenvalue weighted by Gasteiger charge is -2.22. The number of carbonyl (C=O) groups excluding carboxylic acids is 3. The first-order valence-corrected chi connectivity index (χ1v) is 10.4. The standard InChI is InChI=1S/C24H31N3O4/c1-16(2)13-22(26-17(3)28)24(30)27-21(23(25)29)14-18-9-11-20(12-10-18)31-15-19-7-5-4-6-8-19/h4-12,16,21-22H,13-15H2,1-3H3,(H2,25,29)(H,26,28)(H,27,30)/t21-,22-/m0/s1. The van der Waals surface area contributed by atoms with Crippen LogP contribution in [-0.4, -0.2) is 29.8 Å². The number of hydrogen-bond acceptors (Lipinski definition) is 4. The second-order valence-corrected chi connectivity index (χ2v) is 7.97. The number of nitrogens with one attached hydrogen (secondary N) is 2. The summed E-state index contributed by atoms with van der Waals surface area (Å²) in [4.78, 5) is 36.0. The number of benzene rings is 2. The molecule has 7 nitrogen and oxygen atoms in total. The van der Waals surface area contributed by atoms with Crippen molar-refractivity contribution >= 4 is 17.7 Å². The van der Waals surface area contributed by atoms with E-state index >= 15 is 0 Å². The van der Waals surface area contributed by atoms with Gasteiger partial charge < -0.3 is 21.1 Å². The highest BCUT2D eigenvalue weighted by Gasteiger charge is 2.25. The molecule has 2 atom stereocenters. The van der Waals surface area contributed by atoms with Crippen molar-refractivity contribution in [2.75, 3.05) is 0 Å². The summed E-state index contributed by atoms with van der Waals surface area (Å²) in [5.74, 6) is -0.463. The highest BCUT2D eigenvalue weighted by molar-refractivity contribution is 5.91. The number of amides is 3. The van der Waals surface area contributed by atoms with Gasteiger partial charge in [-0.05, 0) is 35.6 Å². The molecule has 7 heteroatoms. The van der Waals surface area contributed by atoms with E-state index in [1.54, 1.807) is 0 Å². The Morgan fingerprint density at radius 1 is 0.903 bits per heavy atom. The van der Waals surface area contributed by atoms with Gasteiger partial charge in [0.1, 0.15) is 24.4 Å². The van der Waals surface area contributed by atoms with Gasteiger partial charge in [0.2, 0.25) is 17.7 Å². The predicted octanol–water partition coefficient (Wildman–Crippen LogP) is 2.33. The molecule has 0 saturated carbocycles. The molecule has 0 unspecified atom stereocenters. The molecule has 0 spiro atoms. The molecule has 2 aromatic carbocycles. The fourth-order valence-corrected chi connectivity index (χ4v) is 3.14. The van der Waals surface area contributed by atoms with Gasteiger partial charge in [-0.15, -0.1) is 0 Å². The van der Waals surface area contributed by atoms with Crippen molar-refractivity contribution < 1.29 is 19.1 Å². The van der Waals surface area contributed by atoms with Crippen molar-refractivity contribution in [1.29, 1.82) is 0 Å². The van der Waals surface area contributed by atoms with Crippen LogP contribution in [0.25, 0.3) is 0 Å². The van der Waals surface area contributed by atoms with Crippen LogP contribution < -0.4 is 21.1 Å². The van der Waals surface area contributed by atoms with Gasteiger partial charge in [0, 0.05) is 13.3 Å². The van der Waals surface area contributed by atoms with E-state index in [0.717, 1.165) is 11.1 Å². The van der Waals surface area contributed by atoms with Crippen LogP contribution in [0, 0.1) is 5.92 Å². The molecule has 0 aliphatic rings. The van der Waals surface area contributed by atoms with E-state index in [4.69, 9.17) is 10.5 Å². The molecular formula is C24H31N3O4. The van der Waals surface area contributed by atoms with Gasteiger partial charge in [-0.2, -0.15) is 0 Å². The lowest BCUT2D eigenvalue weighted by Crippen LogP contribution is -2.53. The van der Waals surface area contributed by atoms with Gasteiger partial charge in [0.05, 0.1) is 0 Å². The van der Waals surface area contributed by atoms with Gasteiger partial charge in [0.25, 0.3) is 0 Å². The monoisotopic (exact) mass is 425 g/mol. The first kappa shape index (κ1) is 23.9. The molecule has 2 rings (SSSR count). The van der Waals surface area contributed by atoms with Crippen molar-refractivity contribution in [3.63, 3.8) is 0 Å². The third-order valence-corrected chi connectivity index (χ3v) is 4.67. The average Bonchev–Trinajstić information content (AvgIpc) is 2.72. The zero-order valence-electron chi connectivity index (χ0n) is 18.3. The number of nitrogens with two attached hydrogens (primary N) is 1. The lowest BCUT2D eigenvalue weighted by atomic mass is 10.0. The van der Waals surface area contributed by atoms with Crippen LogP contribution in [0.1, 0.15) is 38.3 Å². The normalized spacial score (nSPS) is 12.6. The average molecular weight is 426 g/mol. The van der Waals surface area contributed by atoms with Crippen LogP contribution in [0.5, 0.6) is 5.75 Å². The first-order chi connectivity index (χ1) is 14.7. The fourth-order valence-electron chi connectivity index (χ4n) is 3.14. The molecule has 0 fully saturated rings. The van der Waals surface area contributed by atoms with Crippen LogP contribution in [0.15, 0.2) is 54.6 Å². The smallest absolute Gasteiger partial charge is 0.243 e. The molecule has 0 radical (unpaired) electrons. The van der Waals surface area contributed by atoms with E-state index < -0.39 is 23.9 Å². The predicted molar refractivity (Wildman–Crippen MR) is 119 cm³/mol. The Balaban J connectivity index is 1.97. The van der Waals surface area contributed by atoms with E-state index in [9.17, 15) is 14.4 Å². The number of rotatable bonds is 11. The SMILES string of the molecule is CC(=O)N[C@@H](CC(C)C)C(=O)N[C@@H](Cc1ccc(OCc2ccccc2)cc1)C(N)=O. The van der Waals surface area contributed by atoms with Gasteiger partial charge in [-0.1, -0.05) is 56.3 Å². The second-order valence-electron chi connectivity index (χ2n) is 7.97. The third kappa shape index (κ3) is 8.50. The summed E-state index contributed by atoms with van der Waals surface area (Å²) >= 11 is 0. The number of primary amides is 1. The summed E-state index contributed by atoms with van der Waals surface area (Å²) in [5, 5.41) is 5.31. The number of ether oxygens (including phenoxy) is 1. The van der Waals surface area contributed by atoms with E-state index in [0.29, 0.717) is 18.8 Å². The Labute approximate surface area is 183 Å². The fraction of sp³-hybridized carbons (Fsp3) is 0.375. The second kappa shape index (κ2) is 11.7. The molecule has 0 heterocycles. The largest absolute Gasteiger partial charge is 0.489 e. The molecule has 0 saturated heterocycles. The quantitative estimate of drug-likeness (QED) is 0.513. The van der Waals surface area contributed by atoms with E-state index in [1.807, 2.05) is 68.4 Å². The van der Waals surface area contributed by atoms with Crippen molar-refractivity contribution in [3.8, 4) is 5.75 Å². The molecule has 0 bridgehead atoms. The minimum Gasteiger partial charge on any atom is -0.489 e. The minimum atomic E-state index is -0.882. The molecule has 4 N–H and O–H groups in total. The zero-order valence-corrected chi connectivity index (χ0v) is 18.3. The molecule has 166 valence electrons. The van der Waals surface area contributed by atoms with Crippen LogP contribution in [0.4, 0.5) is 0 Å². The minimum absolute atomic E-state index is 0.193. The maximum atomic E-state index is 12.6. The summed E-state index contributed by atoms with van der Waals surface area (Å²) in [6.07, 6.45) is 0.707. The summed E-state index contributed by atoms with van der Waals surface area (Å²) in [6.45, 7) is 5.72. The molecule has 0 aliphatic carbocycles. The Morgan fingerprint density at radius 3 is 2.10 bits per heavy atom. The molecule has 2 aromatic rings. The van der Waals surface area contributed by atoms with Gasteiger partial charge >= 0.3 is 0 Å². The van der Waals surface area contributed by atoms with E-state index in [1.165, 1.54) is 6.92 Å². The third-order valence-electron chi connectivity index (χ3n) is 4.67. The number of hydrogen-bond donors (Lipinski definition) is 3. The van der Waals surface area contributed by atoms with Crippen LogP contribution in [0.2, 0.25) is 0 Å². The Bertz CT molecular complexity index is 866. The highest BCUT2D eigenvalue weighted by atomic mass is 16.5. The molecule has 3 amide bonds. The summed E-state index contributed by atoms with van der Waals surface area (Å²) in [5.41, 5.74) is 7.41. The molecule has 0 aromatic heterocycles. The topological polar surface area (TPSA) is 111 Å². The van der Waals surface area contributed by atoms with Crippen molar-refractivity contribution in [2.24, 2.45) is 11.7 Å². The van der Waals surface area contributed by atoms with E-state index in [-0.39, 0.29) is 18.2 Å². The molecule has 31 heavy (non-hydrogen) atoms.